The maximum absolute atomic E-state index is 4.65. The number of aromatic nitrogens is 1. The molecule has 2 aromatic rings. The van der Waals surface area contributed by atoms with E-state index in [1.165, 1.54) is 11.1 Å². The summed E-state index contributed by atoms with van der Waals surface area (Å²) in [5, 5.41) is 6.89. The van der Waals surface area contributed by atoms with Crippen molar-refractivity contribution in [3.63, 3.8) is 0 Å². The van der Waals surface area contributed by atoms with Crippen LogP contribution in [0.15, 0.2) is 29.6 Å². The predicted octanol–water partition coefficient (Wildman–Crippen LogP) is 4.66. The van der Waals surface area contributed by atoms with Crippen LogP contribution >= 0.6 is 11.3 Å². The van der Waals surface area contributed by atoms with Gasteiger partial charge in [0.05, 0.1) is 6.04 Å². The Hall–Kier alpha value is -1.19. The summed E-state index contributed by atoms with van der Waals surface area (Å²) in [6.07, 6.45) is 0. The fourth-order valence-corrected chi connectivity index (χ4v) is 3.10. The molecule has 108 valence electrons. The number of hydrogen-bond donors (Lipinski definition) is 1. The molecule has 1 N–H and O–H groups in total. The van der Waals surface area contributed by atoms with Gasteiger partial charge >= 0.3 is 0 Å². The van der Waals surface area contributed by atoms with E-state index in [4.69, 9.17) is 0 Å². The second-order valence-electron chi connectivity index (χ2n) is 5.90. The maximum atomic E-state index is 4.65. The van der Waals surface area contributed by atoms with Gasteiger partial charge in [-0.25, -0.2) is 4.98 Å². The number of aryl methyl sites for hydroxylation is 1. The summed E-state index contributed by atoms with van der Waals surface area (Å²) in [7, 11) is 0. The zero-order valence-corrected chi connectivity index (χ0v) is 13.8. The molecule has 0 aliphatic heterocycles. The molecule has 1 atom stereocenters. The van der Waals surface area contributed by atoms with E-state index < -0.39 is 0 Å². The van der Waals surface area contributed by atoms with E-state index in [1.54, 1.807) is 11.3 Å². The Kier molecular flexibility index (Phi) is 4.95. The van der Waals surface area contributed by atoms with Crippen LogP contribution in [-0.2, 0) is 0 Å². The Morgan fingerprint density at radius 2 is 1.60 bits per heavy atom. The molecule has 0 fully saturated rings. The van der Waals surface area contributed by atoms with Gasteiger partial charge < -0.3 is 5.32 Å². The highest BCUT2D eigenvalue weighted by Crippen LogP contribution is 2.27. The van der Waals surface area contributed by atoms with Crippen molar-refractivity contribution < 1.29 is 0 Å². The number of rotatable bonds is 5. The summed E-state index contributed by atoms with van der Waals surface area (Å²) in [6.45, 7) is 10.9. The van der Waals surface area contributed by atoms with Gasteiger partial charge in [-0.3, -0.25) is 0 Å². The van der Waals surface area contributed by atoms with Crippen molar-refractivity contribution in [1.29, 1.82) is 0 Å². The molecule has 2 rings (SSSR count). The Balaban J connectivity index is 2.31. The van der Waals surface area contributed by atoms with Crippen LogP contribution in [-0.4, -0.2) is 11.0 Å². The zero-order valence-electron chi connectivity index (χ0n) is 13.0. The molecule has 2 nitrogen and oxygen atoms in total. The highest BCUT2D eigenvalue weighted by Gasteiger charge is 2.18. The van der Waals surface area contributed by atoms with E-state index in [0.717, 1.165) is 10.7 Å². The van der Waals surface area contributed by atoms with Crippen molar-refractivity contribution in [2.45, 2.75) is 52.6 Å². The lowest BCUT2D eigenvalue weighted by Crippen LogP contribution is -2.28. The van der Waals surface area contributed by atoms with Crippen LogP contribution in [0.4, 0.5) is 0 Å². The first kappa shape index (κ1) is 15.2. The van der Waals surface area contributed by atoms with Gasteiger partial charge in [-0.05, 0) is 37.8 Å². The average molecular weight is 288 g/mol. The van der Waals surface area contributed by atoms with Crippen molar-refractivity contribution in [3.8, 4) is 0 Å². The fourth-order valence-electron chi connectivity index (χ4n) is 2.22. The van der Waals surface area contributed by atoms with Gasteiger partial charge in [0.25, 0.3) is 0 Å². The molecule has 0 aliphatic carbocycles. The lowest BCUT2D eigenvalue weighted by molar-refractivity contribution is 0.526. The molecule has 0 bridgehead atoms. The second kappa shape index (κ2) is 6.51. The summed E-state index contributed by atoms with van der Waals surface area (Å²) in [5.41, 5.74) is 3.77. The van der Waals surface area contributed by atoms with E-state index in [2.05, 4.69) is 67.6 Å². The fraction of sp³-hybridized carbons (Fsp3) is 0.471. The van der Waals surface area contributed by atoms with Crippen molar-refractivity contribution in [1.82, 2.24) is 10.3 Å². The van der Waals surface area contributed by atoms with E-state index in [0.29, 0.717) is 12.0 Å². The number of benzene rings is 1. The third-order valence-corrected chi connectivity index (χ3v) is 4.35. The van der Waals surface area contributed by atoms with Gasteiger partial charge in [-0.15, -0.1) is 11.3 Å². The minimum absolute atomic E-state index is 0.190. The van der Waals surface area contributed by atoms with Crippen LogP contribution in [0.25, 0.3) is 0 Å². The SMILES string of the molecule is Cc1csc(C(NC(C)C)c2ccc(C(C)C)cc2)n1. The molecule has 3 heteroatoms. The summed E-state index contributed by atoms with van der Waals surface area (Å²) in [6, 6.07) is 9.53. The number of nitrogens with zero attached hydrogens (tertiary/aromatic N) is 1. The minimum atomic E-state index is 0.190. The lowest BCUT2D eigenvalue weighted by Gasteiger charge is -2.20. The van der Waals surface area contributed by atoms with E-state index >= 15 is 0 Å². The summed E-state index contributed by atoms with van der Waals surface area (Å²) in [4.78, 5) is 4.65. The quantitative estimate of drug-likeness (QED) is 0.865. The van der Waals surface area contributed by atoms with Crippen molar-refractivity contribution in [2.24, 2.45) is 0 Å². The third-order valence-electron chi connectivity index (χ3n) is 3.32. The normalized spacial score (nSPS) is 13.2. The summed E-state index contributed by atoms with van der Waals surface area (Å²) >= 11 is 1.73. The average Bonchev–Trinajstić information content (AvgIpc) is 2.82. The van der Waals surface area contributed by atoms with Gasteiger partial charge in [0, 0.05) is 17.1 Å². The first-order chi connectivity index (χ1) is 9.47. The van der Waals surface area contributed by atoms with E-state index in [-0.39, 0.29) is 6.04 Å². The molecule has 0 radical (unpaired) electrons. The van der Waals surface area contributed by atoms with E-state index in [1.807, 2.05) is 6.92 Å². The largest absolute Gasteiger partial charge is 0.302 e. The molecule has 0 amide bonds. The summed E-state index contributed by atoms with van der Waals surface area (Å²) < 4.78 is 0. The number of nitrogens with one attached hydrogen (secondary N) is 1. The van der Waals surface area contributed by atoms with Crippen LogP contribution in [0.1, 0.15) is 61.5 Å². The third kappa shape index (κ3) is 3.68. The van der Waals surface area contributed by atoms with Crippen LogP contribution < -0.4 is 5.32 Å². The molecule has 1 unspecified atom stereocenters. The molecule has 0 spiro atoms. The van der Waals surface area contributed by atoms with Crippen LogP contribution in [0.2, 0.25) is 0 Å². The van der Waals surface area contributed by atoms with Crippen molar-refractivity contribution in [3.05, 3.63) is 51.5 Å². The van der Waals surface area contributed by atoms with Gasteiger partial charge in [-0.1, -0.05) is 38.1 Å². The highest BCUT2D eigenvalue weighted by molar-refractivity contribution is 7.09. The van der Waals surface area contributed by atoms with Gasteiger partial charge in [0.1, 0.15) is 5.01 Å². The molecule has 0 aliphatic rings. The van der Waals surface area contributed by atoms with Gasteiger partial charge in [0.15, 0.2) is 0 Å². The Labute approximate surface area is 126 Å². The predicted molar refractivity (Wildman–Crippen MR) is 87.5 cm³/mol. The Morgan fingerprint density at radius 3 is 2.05 bits per heavy atom. The topological polar surface area (TPSA) is 24.9 Å². The smallest absolute Gasteiger partial charge is 0.114 e. The monoisotopic (exact) mass is 288 g/mol. The Bertz CT molecular complexity index is 540. The second-order valence-corrected chi connectivity index (χ2v) is 6.79. The van der Waals surface area contributed by atoms with E-state index in [9.17, 15) is 0 Å². The van der Waals surface area contributed by atoms with Crippen LogP contribution in [0, 0.1) is 6.92 Å². The molecule has 20 heavy (non-hydrogen) atoms. The molecule has 0 saturated carbocycles. The molecular weight excluding hydrogens is 264 g/mol. The van der Waals surface area contributed by atoms with Crippen molar-refractivity contribution >= 4 is 11.3 Å². The molecular formula is C17H24N2S. The highest BCUT2D eigenvalue weighted by atomic mass is 32.1. The maximum Gasteiger partial charge on any atom is 0.114 e. The minimum Gasteiger partial charge on any atom is -0.302 e. The molecule has 1 aromatic carbocycles. The van der Waals surface area contributed by atoms with Gasteiger partial charge in [-0.2, -0.15) is 0 Å². The van der Waals surface area contributed by atoms with Crippen LogP contribution in [0.3, 0.4) is 0 Å². The Morgan fingerprint density at radius 1 is 1.00 bits per heavy atom. The molecule has 1 heterocycles. The molecule has 0 saturated heterocycles. The summed E-state index contributed by atoms with van der Waals surface area (Å²) in [5.74, 6) is 0.572. The number of thiazole rings is 1. The standard InChI is InChI=1S/C17H24N2S/c1-11(2)14-6-8-15(9-7-14)16(18-12(3)4)17-19-13(5)10-20-17/h6-12,16,18H,1-5H3. The van der Waals surface area contributed by atoms with Crippen molar-refractivity contribution in [2.75, 3.05) is 0 Å². The van der Waals surface area contributed by atoms with Crippen LogP contribution in [0.5, 0.6) is 0 Å². The molecule has 1 aromatic heterocycles. The number of hydrogen-bond acceptors (Lipinski definition) is 3. The first-order valence-electron chi connectivity index (χ1n) is 7.25. The lowest BCUT2D eigenvalue weighted by atomic mass is 9.99. The zero-order chi connectivity index (χ0) is 14.7. The first-order valence-corrected chi connectivity index (χ1v) is 8.13. The van der Waals surface area contributed by atoms with Gasteiger partial charge in [0.2, 0.25) is 0 Å².